The number of aliphatic carboxylic acids is 1. The summed E-state index contributed by atoms with van der Waals surface area (Å²) < 4.78 is 0. The highest BCUT2D eigenvalue weighted by atomic mass is 16.4. The Labute approximate surface area is 196 Å². The molecule has 1 aliphatic rings. The van der Waals surface area contributed by atoms with E-state index in [-0.39, 0.29) is 29.8 Å². The van der Waals surface area contributed by atoms with E-state index >= 15 is 0 Å². The van der Waals surface area contributed by atoms with Crippen molar-refractivity contribution in [3.05, 3.63) is 77.6 Å². The predicted molar refractivity (Wildman–Crippen MR) is 124 cm³/mol. The maximum atomic E-state index is 12.8. The van der Waals surface area contributed by atoms with Gasteiger partial charge in [-0.05, 0) is 36.0 Å². The molecule has 2 atom stereocenters. The van der Waals surface area contributed by atoms with Crippen LogP contribution in [0.2, 0.25) is 0 Å². The van der Waals surface area contributed by atoms with Crippen LogP contribution < -0.4 is 10.6 Å². The lowest BCUT2D eigenvalue weighted by Gasteiger charge is -2.20. The zero-order chi connectivity index (χ0) is 24.1. The van der Waals surface area contributed by atoms with E-state index in [1.807, 2.05) is 54.6 Å². The van der Waals surface area contributed by atoms with Crippen LogP contribution in [0.15, 0.2) is 60.7 Å². The number of carbonyl (C=O) groups is 3. The molecule has 2 aromatic carbocycles. The number of rotatable bonds is 10. The van der Waals surface area contributed by atoms with E-state index in [1.54, 1.807) is 0 Å². The van der Waals surface area contributed by atoms with Crippen LogP contribution in [0.25, 0.3) is 11.1 Å². The van der Waals surface area contributed by atoms with Crippen molar-refractivity contribution in [1.29, 1.82) is 0 Å². The third-order valence-corrected chi connectivity index (χ3v) is 5.64. The number of carbonyl (C=O) groups excluding carboxylic acids is 2. The number of carboxylic acid groups (broad SMARTS) is 1. The summed E-state index contributed by atoms with van der Waals surface area (Å²) in [5.41, 5.74) is 3.16. The number of benzene rings is 2. The van der Waals surface area contributed by atoms with Gasteiger partial charge in [-0.1, -0.05) is 54.6 Å². The number of aromatic nitrogens is 2. The number of nitrogens with one attached hydrogen (secondary N) is 3. The lowest BCUT2D eigenvalue weighted by atomic mass is 9.97. The fourth-order valence-corrected chi connectivity index (χ4v) is 3.62. The minimum absolute atomic E-state index is 0.00943. The van der Waals surface area contributed by atoms with Gasteiger partial charge in [0, 0.05) is 24.6 Å². The number of nitrogens with zero attached hydrogens (tertiary/aromatic N) is 1. The molecule has 5 N–H and O–H groups in total. The van der Waals surface area contributed by atoms with Crippen molar-refractivity contribution in [3.63, 3.8) is 0 Å². The number of amides is 2. The highest BCUT2D eigenvalue weighted by Gasteiger charge is 2.26. The first-order chi connectivity index (χ1) is 16.4. The minimum Gasteiger partial charge on any atom is -0.479 e. The van der Waals surface area contributed by atoms with E-state index in [0.717, 1.165) is 29.5 Å². The quantitative estimate of drug-likeness (QED) is 0.312. The molecule has 34 heavy (non-hydrogen) atoms. The highest BCUT2D eigenvalue weighted by Crippen LogP contribution is 2.21. The number of carboxylic acids is 1. The van der Waals surface area contributed by atoms with Crippen LogP contribution >= 0.6 is 0 Å². The number of aliphatic hydroxyl groups is 1. The summed E-state index contributed by atoms with van der Waals surface area (Å²) >= 11 is 0. The molecule has 9 nitrogen and oxygen atoms in total. The Kier molecular flexibility index (Phi) is 7.03. The van der Waals surface area contributed by atoms with Gasteiger partial charge in [0.25, 0.3) is 11.8 Å². The molecular formula is C25H26N4O5. The summed E-state index contributed by atoms with van der Waals surface area (Å²) in [7, 11) is 0. The lowest BCUT2D eigenvalue weighted by Crippen LogP contribution is -2.40. The van der Waals surface area contributed by atoms with Crippen LogP contribution in [0.5, 0.6) is 0 Å². The van der Waals surface area contributed by atoms with E-state index in [1.165, 1.54) is 6.07 Å². The molecule has 176 valence electrons. The van der Waals surface area contributed by atoms with E-state index in [0.29, 0.717) is 6.42 Å². The fraction of sp³-hybridized carbons (Fsp3) is 0.280. The average Bonchev–Trinajstić information content (AvgIpc) is 3.50. The molecule has 3 aromatic rings. The summed E-state index contributed by atoms with van der Waals surface area (Å²) in [5.74, 6) is -2.26. The van der Waals surface area contributed by atoms with Gasteiger partial charge in [0.2, 0.25) is 0 Å². The van der Waals surface area contributed by atoms with Crippen LogP contribution in [-0.4, -0.2) is 56.4 Å². The molecule has 4 rings (SSSR count). The third kappa shape index (κ3) is 6.08. The summed E-state index contributed by atoms with van der Waals surface area (Å²) in [6.07, 6.45) is 0.374. The Morgan fingerprint density at radius 3 is 2.32 bits per heavy atom. The van der Waals surface area contributed by atoms with Crippen molar-refractivity contribution in [2.45, 2.75) is 43.9 Å². The van der Waals surface area contributed by atoms with Crippen LogP contribution in [0.3, 0.4) is 0 Å². The molecule has 0 unspecified atom stereocenters. The smallest absolute Gasteiger partial charge is 0.332 e. The first-order valence-electron chi connectivity index (χ1n) is 11.1. The topological polar surface area (TPSA) is 144 Å². The van der Waals surface area contributed by atoms with Gasteiger partial charge in [-0.3, -0.25) is 14.7 Å². The summed E-state index contributed by atoms with van der Waals surface area (Å²) in [6.45, 7) is 0. The van der Waals surface area contributed by atoms with E-state index < -0.39 is 24.0 Å². The molecule has 0 radical (unpaired) electrons. The van der Waals surface area contributed by atoms with Crippen molar-refractivity contribution in [1.82, 2.24) is 20.8 Å². The number of aromatic amines is 1. The first kappa shape index (κ1) is 23.2. The van der Waals surface area contributed by atoms with E-state index in [2.05, 4.69) is 20.8 Å². The third-order valence-electron chi connectivity index (χ3n) is 5.64. The lowest BCUT2D eigenvalue weighted by molar-refractivity contribution is -0.147. The van der Waals surface area contributed by atoms with Crippen LogP contribution in [0.1, 0.15) is 45.8 Å². The van der Waals surface area contributed by atoms with Gasteiger partial charge in [-0.2, -0.15) is 5.10 Å². The molecule has 0 aliphatic heterocycles. The second-order valence-electron chi connectivity index (χ2n) is 8.44. The van der Waals surface area contributed by atoms with Gasteiger partial charge in [0.15, 0.2) is 11.8 Å². The van der Waals surface area contributed by atoms with Crippen molar-refractivity contribution in [2.75, 3.05) is 0 Å². The second kappa shape index (κ2) is 10.3. The van der Waals surface area contributed by atoms with Crippen LogP contribution in [0.4, 0.5) is 0 Å². The maximum absolute atomic E-state index is 12.8. The Hall–Kier alpha value is -3.98. The Morgan fingerprint density at radius 1 is 1.00 bits per heavy atom. The maximum Gasteiger partial charge on any atom is 0.332 e. The van der Waals surface area contributed by atoms with Crippen molar-refractivity contribution < 1.29 is 24.6 Å². The monoisotopic (exact) mass is 462 g/mol. The Morgan fingerprint density at radius 2 is 1.68 bits per heavy atom. The van der Waals surface area contributed by atoms with Crippen molar-refractivity contribution in [2.24, 2.45) is 0 Å². The normalized spacial score (nSPS) is 14.7. The molecule has 9 heteroatoms. The van der Waals surface area contributed by atoms with E-state index in [9.17, 15) is 19.5 Å². The predicted octanol–water partition coefficient (Wildman–Crippen LogP) is 2.15. The first-order valence-corrected chi connectivity index (χ1v) is 11.1. The number of hydrogen-bond acceptors (Lipinski definition) is 5. The van der Waals surface area contributed by atoms with Crippen LogP contribution in [0, 0.1) is 0 Å². The van der Waals surface area contributed by atoms with Crippen molar-refractivity contribution in [3.8, 4) is 11.1 Å². The van der Waals surface area contributed by atoms with E-state index in [4.69, 9.17) is 5.11 Å². The van der Waals surface area contributed by atoms with Crippen LogP contribution in [-0.2, 0) is 11.2 Å². The van der Waals surface area contributed by atoms with Crippen molar-refractivity contribution >= 4 is 17.8 Å². The number of H-pyrrole nitrogens is 1. The average molecular weight is 463 g/mol. The molecule has 0 bridgehead atoms. The summed E-state index contributed by atoms with van der Waals surface area (Å²) in [4.78, 5) is 36.1. The Bertz CT molecular complexity index is 1160. The van der Waals surface area contributed by atoms with Gasteiger partial charge in [0.1, 0.15) is 5.69 Å². The molecule has 1 heterocycles. The summed E-state index contributed by atoms with van der Waals surface area (Å²) in [6, 6.07) is 18.4. The van der Waals surface area contributed by atoms with Gasteiger partial charge >= 0.3 is 5.97 Å². The second-order valence-corrected chi connectivity index (χ2v) is 8.44. The largest absolute Gasteiger partial charge is 0.479 e. The van der Waals surface area contributed by atoms with Gasteiger partial charge in [0.05, 0.1) is 0 Å². The molecule has 1 aliphatic carbocycles. The molecular weight excluding hydrogens is 436 g/mol. The molecule has 0 saturated heterocycles. The van der Waals surface area contributed by atoms with Gasteiger partial charge < -0.3 is 20.8 Å². The zero-order valence-electron chi connectivity index (χ0n) is 18.4. The highest BCUT2D eigenvalue weighted by molar-refractivity contribution is 5.98. The zero-order valence-corrected chi connectivity index (χ0v) is 18.4. The molecule has 1 fully saturated rings. The minimum atomic E-state index is -1.63. The molecule has 0 spiro atoms. The standard InChI is InChI=1S/C25H26N4O5/c30-22(25(33)34)13-19(12-15-6-8-17(9-7-15)16-4-2-1-3-5-16)27-24(32)21-14-20(28-29-21)23(31)26-18-10-11-18/h1-9,14,18-19,22,30H,10-13H2,(H,26,31)(H,27,32)(H,28,29)(H,33,34)/t19-,22+/m1/s1. The van der Waals surface area contributed by atoms with Gasteiger partial charge in [-0.15, -0.1) is 0 Å². The SMILES string of the molecule is O=C(N[C@H](Cc1ccc(-c2ccccc2)cc1)C[C@H](O)C(=O)O)c1cc(C(=O)NC2CC2)[nH]n1. The molecule has 1 saturated carbocycles. The summed E-state index contributed by atoms with van der Waals surface area (Å²) in [5, 5.41) is 31.0. The molecule has 1 aromatic heterocycles. The van der Waals surface area contributed by atoms with Gasteiger partial charge in [-0.25, -0.2) is 4.79 Å². The fourth-order valence-electron chi connectivity index (χ4n) is 3.62. The Balaban J connectivity index is 1.44. The number of hydrogen-bond donors (Lipinski definition) is 5. The number of aliphatic hydroxyl groups excluding tert-OH is 1. The molecule has 2 amide bonds.